The predicted molar refractivity (Wildman–Crippen MR) is 151 cm³/mol. The molecule has 11 nitrogen and oxygen atoms in total. The fourth-order valence-electron chi connectivity index (χ4n) is 4.46. The number of rotatable bonds is 9. The molecule has 4 rings (SSSR count). The lowest BCUT2D eigenvalue weighted by Crippen LogP contribution is -2.43. The largest absolute Gasteiger partial charge is 0.477 e. The van der Waals surface area contributed by atoms with E-state index in [1.807, 2.05) is 6.92 Å². The van der Waals surface area contributed by atoms with Gasteiger partial charge in [-0.05, 0) is 91.0 Å². The maximum absolute atomic E-state index is 13.7. The number of aromatic nitrogens is 5. The van der Waals surface area contributed by atoms with E-state index in [0.29, 0.717) is 30.8 Å². The number of phosphoric ester groups is 1. The third-order valence-electron chi connectivity index (χ3n) is 6.12. The third-order valence-corrected chi connectivity index (χ3v) is 8.09. The number of halogens is 1. The van der Waals surface area contributed by atoms with E-state index < -0.39 is 19.0 Å². The van der Waals surface area contributed by atoms with Gasteiger partial charge in [0.25, 0.3) is 0 Å². The summed E-state index contributed by atoms with van der Waals surface area (Å²) in [5.41, 5.74) is 0.643. The number of hydrogen-bond donors (Lipinski definition) is 0. The molecule has 0 saturated carbocycles. The molecule has 0 spiro atoms. The van der Waals surface area contributed by atoms with E-state index in [1.165, 1.54) is 16.8 Å². The van der Waals surface area contributed by atoms with Crippen molar-refractivity contribution in [1.82, 2.24) is 25.0 Å². The van der Waals surface area contributed by atoms with Gasteiger partial charge in [0.1, 0.15) is 5.82 Å². The molecular formula is C28H38FN6O5P. The van der Waals surface area contributed by atoms with Gasteiger partial charge >= 0.3 is 7.82 Å². The lowest BCUT2D eigenvalue weighted by atomic mass is 9.90. The third kappa shape index (κ3) is 8.25. The highest BCUT2D eigenvalue weighted by atomic mass is 31.2. The van der Waals surface area contributed by atoms with Gasteiger partial charge in [0.2, 0.25) is 11.9 Å². The minimum absolute atomic E-state index is 0.134. The number of amides is 1. The Bertz CT molecular complexity index is 1400. The molecule has 41 heavy (non-hydrogen) atoms. The number of phosphoric acid groups is 1. The fraction of sp³-hybridized carbons (Fsp3) is 0.536. The minimum Gasteiger partial charge on any atom is -0.281 e. The Kier molecular flexibility index (Phi) is 9.08. The summed E-state index contributed by atoms with van der Waals surface area (Å²) in [4.78, 5) is 20.0. The van der Waals surface area contributed by atoms with Gasteiger partial charge in [0, 0.05) is 18.0 Å². The van der Waals surface area contributed by atoms with Crippen LogP contribution in [0.2, 0.25) is 0 Å². The van der Waals surface area contributed by atoms with Crippen LogP contribution in [0.15, 0.2) is 36.7 Å². The lowest BCUT2D eigenvalue weighted by Gasteiger charge is -2.32. The van der Waals surface area contributed by atoms with Crippen LogP contribution in [0.3, 0.4) is 0 Å². The van der Waals surface area contributed by atoms with E-state index in [9.17, 15) is 13.8 Å². The quantitative estimate of drug-likeness (QED) is 0.282. The minimum atomic E-state index is -4.08. The molecule has 1 atom stereocenters. The van der Waals surface area contributed by atoms with Crippen molar-refractivity contribution >= 4 is 19.7 Å². The molecule has 2 aromatic heterocycles. The van der Waals surface area contributed by atoms with E-state index in [1.54, 1.807) is 71.0 Å². The first-order valence-electron chi connectivity index (χ1n) is 13.6. The Morgan fingerprint density at radius 1 is 1.02 bits per heavy atom. The molecular weight excluding hydrogens is 550 g/mol. The molecule has 0 aliphatic carbocycles. The number of carbonyl (C=O) groups is 1. The Morgan fingerprint density at radius 3 is 2.27 bits per heavy atom. The highest BCUT2D eigenvalue weighted by Crippen LogP contribution is 2.55. The van der Waals surface area contributed by atoms with Crippen molar-refractivity contribution in [2.45, 2.75) is 85.7 Å². The first-order valence-corrected chi connectivity index (χ1v) is 15.0. The summed E-state index contributed by atoms with van der Waals surface area (Å²) in [7, 11) is -4.08. The van der Waals surface area contributed by atoms with Crippen molar-refractivity contribution < 1.29 is 27.3 Å². The van der Waals surface area contributed by atoms with Crippen molar-refractivity contribution in [2.24, 2.45) is 5.92 Å². The molecule has 0 radical (unpaired) electrons. The van der Waals surface area contributed by atoms with Gasteiger partial charge in [-0.15, -0.1) is 5.10 Å². The number of benzene rings is 1. The number of carbonyl (C=O) groups excluding carboxylic acids is 1. The van der Waals surface area contributed by atoms with Gasteiger partial charge in [-0.25, -0.2) is 13.6 Å². The van der Waals surface area contributed by atoms with E-state index >= 15 is 0 Å². The van der Waals surface area contributed by atoms with E-state index in [-0.39, 0.29) is 30.3 Å². The Labute approximate surface area is 240 Å². The molecule has 1 aliphatic rings. The number of piperidine rings is 1. The van der Waals surface area contributed by atoms with Gasteiger partial charge in [0.15, 0.2) is 12.6 Å². The van der Waals surface area contributed by atoms with Crippen molar-refractivity contribution in [3.8, 4) is 11.4 Å². The second kappa shape index (κ2) is 12.1. The molecule has 3 aromatic rings. The Balaban J connectivity index is 1.67. The highest BCUT2D eigenvalue weighted by molar-refractivity contribution is 7.48. The molecule has 1 amide bonds. The van der Waals surface area contributed by atoms with Crippen molar-refractivity contribution in [2.75, 3.05) is 11.4 Å². The summed E-state index contributed by atoms with van der Waals surface area (Å²) in [5.74, 6) is -0.232. The van der Waals surface area contributed by atoms with Crippen LogP contribution in [-0.4, -0.2) is 48.6 Å². The van der Waals surface area contributed by atoms with Crippen LogP contribution < -0.4 is 4.90 Å². The second-order valence-electron chi connectivity index (χ2n) is 12.1. The van der Waals surface area contributed by atoms with Crippen LogP contribution in [0.5, 0.6) is 0 Å². The van der Waals surface area contributed by atoms with Crippen LogP contribution >= 0.6 is 7.82 Å². The number of aryl methyl sites for hydroxylation is 1. The van der Waals surface area contributed by atoms with Gasteiger partial charge < -0.3 is 0 Å². The van der Waals surface area contributed by atoms with Crippen LogP contribution in [0, 0.1) is 18.7 Å². The van der Waals surface area contributed by atoms with Crippen LogP contribution in [-0.2, 0) is 36.1 Å². The lowest BCUT2D eigenvalue weighted by molar-refractivity contribution is -0.123. The van der Waals surface area contributed by atoms with E-state index in [4.69, 9.17) is 18.6 Å². The molecule has 1 aromatic carbocycles. The summed E-state index contributed by atoms with van der Waals surface area (Å²) in [6.45, 7) is 12.4. The Hall–Kier alpha value is -3.05. The number of nitrogens with zero attached hydrogens (tertiary/aromatic N) is 6. The molecule has 1 saturated heterocycles. The van der Waals surface area contributed by atoms with Gasteiger partial charge in [-0.1, -0.05) is 12.1 Å². The molecule has 0 bridgehead atoms. The average molecular weight is 589 g/mol. The zero-order valence-electron chi connectivity index (χ0n) is 24.6. The monoisotopic (exact) mass is 588 g/mol. The Morgan fingerprint density at radius 2 is 1.66 bits per heavy atom. The SMILES string of the molecule is Cc1cnncc1-c1nc(N2CCCC(Cc3ccc(F)cc3)C2=O)n(COP(=O)(OC(C)(C)C)OC(C)(C)C)n1. The molecule has 13 heteroatoms. The smallest absolute Gasteiger partial charge is 0.281 e. The zero-order chi connectivity index (χ0) is 30.0. The highest BCUT2D eigenvalue weighted by Gasteiger charge is 2.39. The van der Waals surface area contributed by atoms with Crippen molar-refractivity contribution in [3.05, 3.63) is 53.6 Å². The summed E-state index contributed by atoms with van der Waals surface area (Å²) in [6, 6.07) is 6.17. The standard InChI is InChI=1S/C28H38FN6O5P/c1-19-16-30-31-17-23(19)24-32-26(34-14-8-9-21(25(34)36)15-20-10-12-22(29)13-11-20)35(33-24)18-38-41(37,39-27(2,3)4)40-28(5,6)7/h10-13,16-17,21H,8-9,14-15,18H2,1-7H3. The van der Waals surface area contributed by atoms with Crippen LogP contribution in [0.25, 0.3) is 11.4 Å². The van der Waals surface area contributed by atoms with Crippen LogP contribution in [0.1, 0.15) is 65.5 Å². The number of hydrogen-bond acceptors (Lipinski definition) is 9. The fourth-order valence-corrected chi connectivity index (χ4v) is 6.20. The topological polar surface area (TPSA) is 122 Å². The molecule has 3 heterocycles. The van der Waals surface area contributed by atoms with Crippen LogP contribution in [0.4, 0.5) is 10.3 Å². The first-order chi connectivity index (χ1) is 19.1. The number of anilines is 1. The predicted octanol–water partition coefficient (Wildman–Crippen LogP) is 5.88. The zero-order valence-corrected chi connectivity index (χ0v) is 25.5. The van der Waals surface area contributed by atoms with E-state index in [2.05, 4.69) is 15.3 Å². The summed E-state index contributed by atoms with van der Waals surface area (Å²) >= 11 is 0. The van der Waals surface area contributed by atoms with E-state index in [0.717, 1.165) is 17.5 Å². The van der Waals surface area contributed by atoms with Gasteiger partial charge in [-0.2, -0.15) is 15.2 Å². The average Bonchev–Trinajstić information content (AvgIpc) is 3.27. The normalized spacial score (nSPS) is 16.8. The first kappa shape index (κ1) is 30.9. The second-order valence-corrected chi connectivity index (χ2v) is 13.6. The van der Waals surface area contributed by atoms with Gasteiger partial charge in [-0.3, -0.25) is 23.3 Å². The summed E-state index contributed by atoms with van der Waals surface area (Å²) < 4.78 is 45.9. The summed E-state index contributed by atoms with van der Waals surface area (Å²) in [5, 5.41) is 12.5. The molecule has 1 unspecified atom stereocenters. The van der Waals surface area contributed by atoms with Crippen molar-refractivity contribution in [3.63, 3.8) is 0 Å². The maximum atomic E-state index is 13.7. The maximum Gasteiger partial charge on any atom is 0.477 e. The molecule has 0 N–H and O–H groups in total. The van der Waals surface area contributed by atoms with Crippen molar-refractivity contribution in [1.29, 1.82) is 0 Å². The molecule has 1 aliphatic heterocycles. The summed E-state index contributed by atoms with van der Waals surface area (Å²) in [6.07, 6.45) is 5.03. The molecule has 1 fully saturated rings. The van der Waals surface area contributed by atoms with Gasteiger partial charge in [0.05, 0.1) is 23.6 Å². The molecule has 222 valence electrons.